The lowest BCUT2D eigenvalue weighted by Gasteiger charge is -2.24. The van der Waals surface area contributed by atoms with Gasteiger partial charge >= 0.3 is 5.69 Å². The molecule has 0 saturated carbocycles. The van der Waals surface area contributed by atoms with Gasteiger partial charge in [-0.2, -0.15) is 0 Å². The van der Waals surface area contributed by atoms with E-state index in [1.165, 1.54) is 27.9 Å². The Labute approximate surface area is 200 Å². The second-order valence-corrected chi connectivity index (χ2v) is 8.40. The van der Waals surface area contributed by atoms with Crippen molar-refractivity contribution in [2.24, 2.45) is 0 Å². The molecule has 0 atom stereocenters. The lowest BCUT2D eigenvalue weighted by molar-refractivity contribution is 0.0974. The van der Waals surface area contributed by atoms with Gasteiger partial charge in [-0.3, -0.25) is 28.8 Å². The van der Waals surface area contributed by atoms with E-state index >= 15 is 0 Å². The highest BCUT2D eigenvalue weighted by Gasteiger charge is 2.25. The van der Waals surface area contributed by atoms with Crippen LogP contribution in [0.25, 0.3) is 0 Å². The molecule has 180 valence electrons. The van der Waals surface area contributed by atoms with E-state index in [1.807, 2.05) is 12.3 Å². The largest absolute Gasteiger partial charge is 0.383 e. The minimum absolute atomic E-state index is 0.0471. The fourth-order valence-corrected chi connectivity index (χ4v) is 3.95. The summed E-state index contributed by atoms with van der Waals surface area (Å²) in [6, 6.07) is 9.79. The summed E-state index contributed by atoms with van der Waals surface area (Å²) in [6.45, 7) is 2.48. The first-order chi connectivity index (χ1) is 16.4. The topological polar surface area (TPSA) is 140 Å². The molecule has 0 bridgehead atoms. The minimum Gasteiger partial charge on any atom is -0.383 e. The number of benzene rings is 1. The van der Waals surface area contributed by atoms with Crippen molar-refractivity contribution in [2.45, 2.75) is 26.3 Å². The van der Waals surface area contributed by atoms with Gasteiger partial charge in [0.25, 0.3) is 17.4 Å². The monoisotopic (exact) mass is 485 g/mol. The van der Waals surface area contributed by atoms with Crippen LogP contribution in [0.15, 0.2) is 51.4 Å². The summed E-state index contributed by atoms with van der Waals surface area (Å²) < 4.78 is 6.38. The zero-order valence-electron chi connectivity index (χ0n) is 19.0. The van der Waals surface area contributed by atoms with Gasteiger partial charge in [0.05, 0.1) is 11.5 Å². The molecule has 0 saturated heterocycles. The molecule has 4 N–H and O–H groups in total. The number of carbonyl (C=O) groups excluding carboxylic acids is 2. The number of aromatic nitrogens is 2. The van der Waals surface area contributed by atoms with Crippen LogP contribution in [0.2, 0.25) is 0 Å². The van der Waals surface area contributed by atoms with Crippen LogP contribution in [0.3, 0.4) is 0 Å². The third-order valence-electron chi connectivity index (χ3n) is 5.12. The van der Waals surface area contributed by atoms with E-state index < -0.39 is 17.2 Å². The van der Waals surface area contributed by atoms with Crippen molar-refractivity contribution in [3.8, 4) is 0 Å². The zero-order chi connectivity index (χ0) is 24.7. The Morgan fingerprint density at radius 1 is 1.21 bits per heavy atom. The van der Waals surface area contributed by atoms with Crippen LogP contribution in [0.4, 0.5) is 17.2 Å². The number of H-pyrrole nitrogens is 1. The Morgan fingerprint density at radius 2 is 1.94 bits per heavy atom. The van der Waals surface area contributed by atoms with Crippen molar-refractivity contribution in [3.63, 3.8) is 0 Å². The molecular formula is C23H27N5O5S. The molecule has 10 nitrogen and oxygen atoms in total. The van der Waals surface area contributed by atoms with Gasteiger partial charge in [0.2, 0.25) is 0 Å². The molecule has 11 heteroatoms. The van der Waals surface area contributed by atoms with Gasteiger partial charge in [-0.05, 0) is 42.1 Å². The number of ether oxygens (including phenoxy) is 1. The molecule has 0 fully saturated rings. The number of unbranched alkanes of at least 4 members (excludes halogenated alkanes) is 1. The lowest BCUT2D eigenvalue weighted by Crippen LogP contribution is -2.42. The maximum Gasteiger partial charge on any atom is 0.330 e. The smallest absolute Gasteiger partial charge is 0.330 e. The SMILES string of the molecule is CCCCn1c(N)c(N(CCOC)C(=O)c2ccc(NC(=O)c3cccs3)cc2)c(=O)[nH]c1=O. The highest BCUT2D eigenvalue weighted by Crippen LogP contribution is 2.21. The number of hydrogen-bond donors (Lipinski definition) is 3. The molecular weight excluding hydrogens is 458 g/mol. The van der Waals surface area contributed by atoms with Crippen LogP contribution in [0, 0.1) is 0 Å². The van der Waals surface area contributed by atoms with E-state index in [-0.39, 0.29) is 36.1 Å². The minimum atomic E-state index is -0.750. The Hall–Kier alpha value is -3.70. The van der Waals surface area contributed by atoms with Crippen molar-refractivity contribution in [2.75, 3.05) is 36.2 Å². The van der Waals surface area contributed by atoms with E-state index in [1.54, 1.807) is 36.4 Å². The number of carbonyl (C=O) groups is 2. The predicted molar refractivity (Wildman–Crippen MR) is 133 cm³/mol. The summed E-state index contributed by atoms with van der Waals surface area (Å²) in [6.07, 6.45) is 1.50. The van der Waals surface area contributed by atoms with E-state index in [0.717, 1.165) is 6.42 Å². The highest BCUT2D eigenvalue weighted by molar-refractivity contribution is 7.12. The van der Waals surface area contributed by atoms with E-state index in [9.17, 15) is 19.2 Å². The van der Waals surface area contributed by atoms with Gasteiger partial charge in [0.1, 0.15) is 5.82 Å². The van der Waals surface area contributed by atoms with E-state index in [4.69, 9.17) is 10.5 Å². The molecule has 3 aromatic rings. The normalized spacial score (nSPS) is 10.8. The van der Waals surface area contributed by atoms with Gasteiger partial charge in [-0.15, -0.1) is 11.3 Å². The molecule has 0 radical (unpaired) electrons. The van der Waals surface area contributed by atoms with Crippen molar-refractivity contribution in [1.29, 1.82) is 0 Å². The highest BCUT2D eigenvalue weighted by atomic mass is 32.1. The third kappa shape index (κ3) is 5.61. The van der Waals surface area contributed by atoms with Crippen molar-refractivity contribution >= 4 is 40.3 Å². The second-order valence-electron chi connectivity index (χ2n) is 7.46. The Balaban J connectivity index is 1.91. The molecule has 0 aliphatic rings. The summed E-state index contributed by atoms with van der Waals surface area (Å²) in [5.41, 5.74) is 5.52. The lowest BCUT2D eigenvalue weighted by atomic mass is 10.1. The fraction of sp³-hybridized carbons (Fsp3) is 0.304. The maximum atomic E-state index is 13.4. The number of hydrogen-bond acceptors (Lipinski definition) is 7. The number of rotatable bonds is 10. The zero-order valence-corrected chi connectivity index (χ0v) is 19.8. The van der Waals surface area contributed by atoms with Crippen molar-refractivity contribution < 1.29 is 14.3 Å². The molecule has 0 spiro atoms. The molecule has 0 aliphatic heterocycles. The summed E-state index contributed by atoms with van der Waals surface area (Å²) in [4.78, 5) is 54.6. The maximum absolute atomic E-state index is 13.4. The van der Waals surface area contributed by atoms with Crippen LogP contribution in [-0.4, -0.2) is 41.6 Å². The third-order valence-corrected chi connectivity index (χ3v) is 5.99. The summed E-state index contributed by atoms with van der Waals surface area (Å²) in [5.74, 6) is -0.818. The number of nitrogens with two attached hydrogens (primary N) is 1. The van der Waals surface area contributed by atoms with Gasteiger partial charge in [0, 0.05) is 31.5 Å². The first kappa shape index (κ1) is 24.9. The van der Waals surface area contributed by atoms with Crippen LogP contribution in [-0.2, 0) is 11.3 Å². The standard InChI is InChI=1S/C23H27N5O5S/c1-3-4-11-28-19(24)18(21(30)26-23(28)32)27(12-13-33-2)22(31)15-7-9-16(10-8-15)25-20(29)17-6-5-14-34-17/h5-10,14H,3-4,11-13,24H2,1-2H3,(H,25,29)(H,26,30,32). The van der Waals surface area contributed by atoms with E-state index in [2.05, 4.69) is 10.3 Å². The summed E-state index contributed by atoms with van der Waals surface area (Å²) in [7, 11) is 1.48. The van der Waals surface area contributed by atoms with Crippen LogP contribution >= 0.6 is 11.3 Å². The average molecular weight is 486 g/mol. The van der Waals surface area contributed by atoms with Gasteiger partial charge in [0.15, 0.2) is 5.69 Å². The Kier molecular flexibility index (Phi) is 8.39. The van der Waals surface area contributed by atoms with Crippen LogP contribution in [0.1, 0.15) is 39.8 Å². The number of amides is 2. The Bertz CT molecular complexity index is 1250. The summed E-state index contributed by atoms with van der Waals surface area (Å²) >= 11 is 1.32. The van der Waals surface area contributed by atoms with Gasteiger partial charge in [-0.1, -0.05) is 19.4 Å². The van der Waals surface area contributed by atoms with Crippen molar-refractivity contribution in [1.82, 2.24) is 9.55 Å². The number of methoxy groups -OCH3 is 1. The summed E-state index contributed by atoms with van der Waals surface area (Å²) in [5, 5.41) is 4.58. The van der Waals surface area contributed by atoms with Gasteiger partial charge < -0.3 is 15.8 Å². The van der Waals surface area contributed by atoms with Crippen molar-refractivity contribution in [3.05, 3.63) is 73.1 Å². The molecule has 0 unspecified atom stereocenters. The molecule has 2 amide bonds. The number of anilines is 3. The number of nitrogens with zero attached hydrogens (tertiary/aromatic N) is 2. The molecule has 3 rings (SSSR count). The fourth-order valence-electron chi connectivity index (χ4n) is 3.33. The molecule has 2 aromatic heterocycles. The van der Waals surface area contributed by atoms with Gasteiger partial charge in [-0.25, -0.2) is 4.79 Å². The van der Waals surface area contributed by atoms with Crippen LogP contribution < -0.4 is 27.2 Å². The Morgan fingerprint density at radius 3 is 2.56 bits per heavy atom. The van der Waals surface area contributed by atoms with Crippen LogP contribution in [0.5, 0.6) is 0 Å². The molecule has 0 aliphatic carbocycles. The first-order valence-corrected chi connectivity index (χ1v) is 11.6. The number of nitrogens with one attached hydrogen (secondary N) is 2. The van der Waals surface area contributed by atoms with E-state index in [0.29, 0.717) is 23.5 Å². The molecule has 2 heterocycles. The number of nitrogen functional groups attached to an aromatic ring is 1. The second kappa shape index (κ2) is 11.4. The first-order valence-electron chi connectivity index (χ1n) is 10.8. The quantitative estimate of drug-likeness (QED) is 0.403. The molecule has 1 aromatic carbocycles. The predicted octanol–water partition coefficient (Wildman–Crippen LogP) is 2.53. The molecule has 34 heavy (non-hydrogen) atoms. The number of thiophene rings is 1. The average Bonchev–Trinajstić information content (AvgIpc) is 3.36. The number of aromatic amines is 1.